The highest BCUT2D eigenvalue weighted by Crippen LogP contribution is 2.52. The van der Waals surface area contributed by atoms with E-state index in [1.807, 2.05) is 0 Å². The van der Waals surface area contributed by atoms with Gasteiger partial charge in [-0.05, 0) is 75.2 Å². The maximum absolute atomic E-state index is 5.86. The number of benzene rings is 1. The van der Waals surface area contributed by atoms with Crippen molar-refractivity contribution in [3.05, 3.63) is 35.4 Å². The fourth-order valence-corrected chi connectivity index (χ4v) is 4.55. The van der Waals surface area contributed by atoms with E-state index in [1.165, 1.54) is 30.4 Å². The Morgan fingerprint density at radius 1 is 1.29 bits per heavy atom. The molecule has 1 aliphatic carbocycles. The fourth-order valence-electron chi connectivity index (χ4n) is 4.17. The van der Waals surface area contributed by atoms with Crippen molar-refractivity contribution in [3.63, 3.8) is 0 Å². The molecule has 2 fully saturated rings. The van der Waals surface area contributed by atoms with E-state index in [-0.39, 0.29) is 5.60 Å². The Morgan fingerprint density at radius 2 is 2.00 bits per heavy atom. The molecule has 1 saturated carbocycles. The van der Waals surface area contributed by atoms with Crippen LogP contribution in [0.15, 0.2) is 24.3 Å². The van der Waals surface area contributed by atoms with Crippen molar-refractivity contribution in [2.75, 3.05) is 13.1 Å². The molecule has 1 heterocycles. The number of ether oxygens (including phenoxy) is 1. The third-order valence-corrected chi connectivity index (χ3v) is 5.80. The summed E-state index contributed by atoms with van der Waals surface area (Å²) < 4.78 is 5.86. The van der Waals surface area contributed by atoms with Crippen LogP contribution in [0.25, 0.3) is 0 Å². The van der Waals surface area contributed by atoms with E-state index >= 15 is 0 Å². The molecule has 1 saturated heterocycles. The van der Waals surface area contributed by atoms with E-state index in [1.54, 1.807) is 0 Å². The summed E-state index contributed by atoms with van der Waals surface area (Å²) in [6.07, 6.45) is 3.92. The number of hydrogen-bond donors (Lipinski definition) is 0. The zero-order chi connectivity index (χ0) is 17.5. The first-order chi connectivity index (χ1) is 11.2. The minimum atomic E-state index is -0.199. The van der Waals surface area contributed by atoms with Gasteiger partial charge in [-0.15, -0.1) is 0 Å². The molecule has 1 aliphatic heterocycles. The van der Waals surface area contributed by atoms with Crippen molar-refractivity contribution in [2.45, 2.75) is 71.3 Å². The number of hydrogen-bond acceptors (Lipinski definition) is 2. The van der Waals surface area contributed by atoms with Crippen LogP contribution in [0.1, 0.15) is 76.8 Å². The summed E-state index contributed by atoms with van der Waals surface area (Å²) in [6.45, 7) is 12.9. The molecule has 3 heteroatoms. The highest BCUT2D eigenvalue weighted by atomic mass is 32.1. The van der Waals surface area contributed by atoms with Crippen LogP contribution in [0.4, 0.5) is 0 Å². The summed E-state index contributed by atoms with van der Waals surface area (Å²) in [6, 6.07) is 9.23. The number of nitrogens with zero attached hydrogens (tertiary/aromatic N) is 1. The van der Waals surface area contributed by atoms with Gasteiger partial charge in [0, 0.05) is 18.5 Å². The molecule has 0 bridgehead atoms. The van der Waals surface area contributed by atoms with Crippen LogP contribution in [0.3, 0.4) is 0 Å². The lowest BCUT2D eigenvalue weighted by molar-refractivity contribution is 0.0163. The van der Waals surface area contributed by atoms with E-state index in [0.717, 1.165) is 13.1 Å². The quantitative estimate of drug-likeness (QED) is 0.659. The molecule has 1 atom stereocenters. The van der Waals surface area contributed by atoms with Crippen LogP contribution in [-0.2, 0) is 4.74 Å². The highest BCUT2D eigenvalue weighted by Gasteiger charge is 2.49. The Morgan fingerprint density at radius 3 is 2.62 bits per heavy atom. The molecule has 2 aliphatic rings. The molecule has 1 aromatic rings. The van der Waals surface area contributed by atoms with Crippen LogP contribution < -0.4 is 0 Å². The van der Waals surface area contributed by atoms with Crippen molar-refractivity contribution in [1.82, 2.24) is 4.90 Å². The van der Waals surface area contributed by atoms with Crippen molar-refractivity contribution in [2.24, 2.45) is 5.41 Å². The fraction of sp³-hybridized carbons (Fsp3) is 0.667. The van der Waals surface area contributed by atoms with Crippen LogP contribution in [-0.4, -0.2) is 28.8 Å². The van der Waals surface area contributed by atoms with Crippen LogP contribution in [0, 0.1) is 5.41 Å². The summed E-state index contributed by atoms with van der Waals surface area (Å²) in [7, 11) is 0. The zero-order valence-corrected chi connectivity index (χ0v) is 16.6. The number of likely N-dealkylation sites (tertiary alicyclic amines) is 1. The molecule has 3 rings (SSSR count). The van der Waals surface area contributed by atoms with Crippen molar-refractivity contribution in [1.29, 1.82) is 0 Å². The van der Waals surface area contributed by atoms with Gasteiger partial charge in [0.1, 0.15) is 5.60 Å². The molecule has 24 heavy (non-hydrogen) atoms. The predicted molar refractivity (Wildman–Crippen MR) is 105 cm³/mol. The highest BCUT2D eigenvalue weighted by molar-refractivity contribution is 7.80. The average Bonchev–Trinajstić information content (AvgIpc) is 2.89. The van der Waals surface area contributed by atoms with Gasteiger partial charge in [-0.2, -0.15) is 0 Å². The minimum Gasteiger partial charge on any atom is -0.465 e. The maximum Gasteiger partial charge on any atom is 0.259 e. The lowest BCUT2D eigenvalue weighted by atomic mass is 9.77. The summed E-state index contributed by atoms with van der Waals surface area (Å²) in [5.41, 5.74) is 3.26. The Hall–Kier alpha value is -1.09. The monoisotopic (exact) mass is 345 g/mol. The molecule has 0 unspecified atom stereocenters. The standard InChI is InChI=1S/C21H31NOS/c1-15(2)16-7-6-8-17(11-16)18-9-10-21(12-18)13-22(14-21)19(24)23-20(3,4)5/h6-8,11,15,18H,9-10,12-14H2,1-5H3/t18-/m1/s1. The Labute approximate surface area is 152 Å². The molecule has 0 amide bonds. The smallest absolute Gasteiger partial charge is 0.259 e. The molecule has 1 spiro atoms. The molecular weight excluding hydrogens is 314 g/mol. The first-order valence-corrected chi connectivity index (χ1v) is 9.66. The third-order valence-electron chi connectivity index (χ3n) is 5.46. The van der Waals surface area contributed by atoms with Gasteiger partial charge in [0.15, 0.2) is 0 Å². The van der Waals surface area contributed by atoms with Gasteiger partial charge in [0.05, 0.1) is 0 Å². The molecule has 1 aromatic carbocycles. The third kappa shape index (κ3) is 3.77. The summed E-state index contributed by atoms with van der Waals surface area (Å²) >= 11 is 5.47. The second kappa shape index (κ2) is 6.33. The van der Waals surface area contributed by atoms with Gasteiger partial charge in [-0.25, -0.2) is 0 Å². The first kappa shape index (κ1) is 17.7. The lowest BCUT2D eigenvalue weighted by Crippen LogP contribution is -2.58. The zero-order valence-electron chi connectivity index (χ0n) is 15.8. The van der Waals surface area contributed by atoms with E-state index in [2.05, 4.69) is 63.8 Å². The van der Waals surface area contributed by atoms with Gasteiger partial charge in [-0.3, -0.25) is 0 Å². The molecule has 2 nitrogen and oxygen atoms in total. The molecular formula is C21H31NOS. The first-order valence-electron chi connectivity index (χ1n) is 9.25. The van der Waals surface area contributed by atoms with E-state index in [4.69, 9.17) is 17.0 Å². The normalized spacial score (nSPS) is 22.8. The van der Waals surface area contributed by atoms with Gasteiger partial charge in [-0.1, -0.05) is 38.1 Å². The largest absolute Gasteiger partial charge is 0.465 e. The Bertz CT molecular complexity index is 611. The van der Waals surface area contributed by atoms with E-state index in [0.29, 0.717) is 22.4 Å². The summed E-state index contributed by atoms with van der Waals surface area (Å²) in [5.74, 6) is 1.31. The molecule has 0 aromatic heterocycles. The average molecular weight is 346 g/mol. The van der Waals surface area contributed by atoms with Gasteiger partial charge >= 0.3 is 0 Å². The second-order valence-electron chi connectivity index (χ2n) is 9.10. The van der Waals surface area contributed by atoms with Gasteiger partial charge < -0.3 is 9.64 Å². The number of thiocarbonyl (C=S) groups is 1. The summed E-state index contributed by atoms with van der Waals surface area (Å²) in [5, 5.41) is 0.679. The maximum atomic E-state index is 5.86. The van der Waals surface area contributed by atoms with E-state index < -0.39 is 0 Å². The van der Waals surface area contributed by atoms with Gasteiger partial charge in [0.25, 0.3) is 5.17 Å². The molecule has 0 N–H and O–H groups in total. The predicted octanol–water partition coefficient (Wildman–Crippen LogP) is 5.48. The van der Waals surface area contributed by atoms with Crippen LogP contribution >= 0.6 is 12.2 Å². The van der Waals surface area contributed by atoms with Crippen molar-refractivity contribution < 1.29 is 4.74 Å². The SMILES string of the molecule is CC(C)c1cccc([C@@H]2CCC3(C2)CN(C(=S)OC(C)(C)C)C3)c1. The Balaban J connectivity index is 1.59. The van der Waals surface area contributed by atoms with E-state index in [9.17, 15) is 0 Å². The minimum absolute atomic E-state index is 0.199. The number of rotatable bonds is 2. The van der Waals surface area contributed by atoms with Crippen LogP contribution in [0.5, 0.6) is 0 Å². The van der Waals surface area contributed by atoms with Gasteiger partial charge in [0.2, 0.25) is 0 Å². The molecule has 132 valence electrons. The molecule has 0 radical (unpaired) electrons. The van der Waals surface area contributed by atoms with Crippen LogP contribution in [0.2, 0.25) is 0 Å². The second-order valence-corrected chi connectivity index (χ2v) is 9.45. The lowest BCUT2D eigenvalue weighted by Gasteiger charge is -2.49. The Kier molecular flexibility index (Phi) is 4.67. The topological polar surface area (TPSA) is 12.5 Å². The van der Waals surface area contributed by atoms with Crippen molar-refractivity contribution >= 4 is 17.4 Å². The summed E-state index contributed by atoms with van der Waals surface area (Å²) in [4.78, 5) is 2.24. The van der Waals surface area contributed by atoms with Crippen molar-refractivity contribution in [3.8, 4) is 0 Å².